The van der Waals surface area contributed by atoms with Gasteiger partial charge in [0.25, 0.3) is 0 Å². The molecule has 11 aromatic carbocycles. The third-order valence-corrected chi connectivity index (χ3v) is 13.2. The van der Waals surface area contributed by atoms with Gasteiger partial charge in [-0.1, -0.05) is 152 Å². The third-order valence-electron chi connectivity index (χ3n) is 13.2. The molecule has 14 aromatic rings. The van der Waals surface area contributed by atoms with Gasteiger partial charge in [-0.25, -0.2) is 15.0 Å². The van der Waals surface area contributed by atoms with Crippen molar-refractivity contribution in [3.8, 4) is 39.9 Å². The van der Waals surface area contributed by atoms with Crippen molar-refractivity contribution in [2.75, 3.05) is 0 Å². The lowest BCUT2D eigenvalue weighted by molar-refractivity contribution is 0.669. The van der Waals surface area contributed by atoms with Crippen molar-refractivity contribution >= 4 is 97.6 Å². The Hall–Kier alpha value is -8.67. The van der Waals surface area contributed by atoms with E-state index in [-0.39, 0.29) is 0 Å². The maximum atomic E-state index is 6.76. The normalized spacial score (nSPS) is 12.1. The molecule has 0 aliphatic heterocycles. The lowest BCUT2D eigenvalue weighted by Crippen LogP contribution is -2.01. The van der Waals surface area contributed by atoms with Crippen LogP contribution in [0.3, 0.4) is 0 Å². The second-order valence-electron chi connectivity index (χ2n) is 16.7. The predicted molar refractivity (Wildman–Crippen MR) is 265 cm³/mol. The van der Waals surface area contributed by atoms with Crippen LogP contribution in [0.2, 0.25) is 0 Å². The Labute approximate surface area is 366 Å². The molecule has 5 heteroatoms. The quantitative estimate of drug-likeness (QED) is 0.166. The Morgan fingerprint density at radius 2 is 0.953 bits per heavy atom. The van der Waals surface area contributed by atoms with Crippen molar-refractivity contribution in [1.82, 2.24) is 19.5 Å². The lowest BCUT2D eigenvalue weighted by Gasteiger charge is -2.13. The molecule has 0 aliphatic carbocycles. The Morgan fingerprint density at radius 1 is 0.312 bits per heavy atom. The van der Waals surface area contributed by atoms with Crippen LogP contribution >= 0.6 is 0 Å². The molecule has 0 radical (unpaired) electrons. The maximum Gasteiger partial charge on any atom is 0.164 e. The number of benzene rings is 11. The van der Waals surface area contributed by atoms with Crippen LogP contribution < -0.4 is 0 Å². The fourth-order valence-corrected chi connectivity index (χ4v) is 10.2. The summed E-state index contributed by atoms with van der Waals surface area (Å²) in [6.07, 6.45) is 0. The maximum absolute atomic E-state index is 6.76. The monoisotopic (exact) mass is 814 g/mol. The molecule has 0 aliphatic rings. The van der Waals surface area contributed by atoms with Gasteiger partial charge >= 0.3 is 0 Å². The van der Waals surface area contributed by atoms with E-state index < -0.39 is 0 Å². The second-order valence-corrected chi connectivity index (χ2v) is 16.7. The number of rotatable bonds is 4. The predicted octanol–water partition coefficient (Wildman–Crippen LogP) is 15.6. The number of hydrogen-bond acceptors (Lipinski definition) is 4. The van der Waals surface area contributed by atoms with Gasteiger partial charge in [-0.15, -0.1) is 0 Å². The van der Waals surface area contributed by atoms with Crippen molar-refractivity contribution in [3.63, 3.8) is 0 Å². The SMILES string of the molecule is c1ccc2cc3c(cc2c1)c1ccccc1n3-c1ccc2ccc3oc4cc(-c5nc(-c6cccc7ccccc67)nc(-c6cc7ccccc7c7ccccc67)n5)ccc4c3c2c1. The summed E-state index contributed by atoms with van der Waals surface area (Å²) in [6, 6.07) is 73.4. The topological polar surface area (TPSA) is 56.7 Å². The first kappa shape index (κ1) is 35.0. The number of furan rings is 1. The van der Waals surface area contributed by atoms with Crippen LogP contribution in [0.5, 0.6) is 0 Å². The van der Waals surface area contributed by atoms with E-state index in [1.165, 1.54) is 38.0 Å². The van der Waals surface area contributed by atoms with Gasteiger partial charge in [0, 0.05) is 43.9 Å². The van der Waals surface area contributed by atoms with E-state index in [2.05, 4.69) is 211 Å². The van der Waals surface area contributed by atoms with Crippen molar-refractivity contribution in [2.45, 2.75) is 0 Å². The minimum absolute atomic E-state index is 0.582. The zero-order chi connectivity index (χ0) is 41.9. The van der Waals surface area contributed by atoms with Crippen molar-refractivity contribution in [2.24, 2.45) is 0 Å². The highest BCUT2D eigenvalue weighted by atomic mass is 16.3. The number of para-hydroxylation sites is 1. The van der Waals surface area contributed by atoms with Gasteiger partial charge in [0.15, 0.2) is 17.5 Å². The van der Waals surface area contributed by atoms with Gasteiger partial charge in [0.05, 0.1) is 11.0 Å². The van der Waals surface area contributed by atoms with Gasteiger partial charge in [-0.3, -0.25) is 0 Å². The highest BCUT2D eigenvalue weighted by molar-refractivity contribution is 6.20. The second kappa shape index (κ2) is 13.4. The van der Waals surface area contributed by atoms with Gasteiger partial charge in [0.2, 0.25) is 0 Å². The van der Waals surface area contributed by atoms with Crippen LogP contribution in [-0.2, 0) is 0 Å². The van der Waals surface area contributed by atoms with Crippen LogP contribution in [-0.4, -0.2) is 19.5 Å². The van der Waals surface area contributed by atoms with Crippen LogP contribution in [0.25, 0.3) is 137 Å². The Balaban J connectivity index is 0.973. The first-order valence-corrected chi connectivity index (χ1v) is 21.7. The largest absolute Gasteiger partial charge is 0.456 e. The minimum atomic E-state index is 0.582. The number of nitrogens with zero attached hydrogens (tertiary/aromatic N) is 4. The molecule has 5 nitrogen and oxygen atoms in total. The van der Waals surface area contributed by atoms with E-state index in [1.54, 1.807) is 0 Å². The zero-order valence-corrected chi connectivity index (χ0v) is 34.3. The number of hydrogen-bond donors (Lipinski definition) is 0. The molecule has 0 fully saturated rings. The van der Waals surface area contributed by atoms with Gasteiger partial charge in [-0.2, -0.15) is 0 Å². The summed E-state index contributed by atoms with van der Waals surface area (Å²) in [5.41, 5.74) is 7.84. The van der Waals surface area contributed by atoms with Crippen molar-refractivity contribution in [3.05, 3.63) is 206 Å². The van der Waals surface area contributed by atoms with E-state index in [4.69, 9.17) is 19.4 Å². The molecule has 0 amide bonds. The molecular weight excluding hydrogens is 781 g/mol. The molecule has 0 N–H and O–H groups in total. The van der Waals surface area contributed by atoms with Crippen molar-refractivity contribution in [1.29, 1.82) is 0 Å². The summed E-state index contributed by atoms with van der Waals surface area (Å²) in [6.45, 7) is 0. The fraction of sp³-hybridized carbons (Fsp3) is 0. The van der Waals surface area contributed by atoms with E-state index in [0.29, 0.717) is 17.5 Å². The van der Waals surface area contributed by atoms with Crippen LogP contribution in [0.4, 0.5) is 0 Å². The van der Waals surface area contributed by atoms with E-state index in [0.717, 1.165) is 82.0 Å². The number of aromatic nitrogens is 4. The van der Waals surface area contributed by atoms with E-state index in [1.807, 2.05) is 0 Å². The summed E-state index contributed by atoms with van der Waals surface area (Å²) in [5.74, 6) is 1.82. The zero-order valence-electron chi connectivity index (χ0n) is 34.3. The summed E-state index contributed by atoms with van der Waals surface area (Å²) < 4.78 is 9.16. The highest BCUT2D eigenvalue weighted by Crippen LogP contribution is 2.41. The summed E-state index contributed by atoms with van der Waals surface area (Å²) in [5, 5.41) is 16.2. The van der Waals surface area contributed by atoms with Crippen LogP contribution in [0, 0.1) is 0 Å². The lowest BCUT2D eigenvalue weighted by atomic mass is 9.96. The molecule has 0 atom stereocenters. The first-order valence-electron chi connectivity index (χ1n) is 21.7. The highest BCUT2D eigenvalue weighted by Gasteiger charge is 2.20. The van der Waals surface area contributed by atoms with Gasteiger partial charge in [0.1, 0.15) is 11.2 Å². The molecule has 296 valence electrons. The van der Waals surface area contributed by atoms with E-state index >= 15 is 0 Å². The van der Waals surface area contributed by atoms with Crippen LogP contribution in [0.15, 0.2) is 211 Å². The molecule has 0 saturated carbocycles. The molecule has 3 aromatic heterocycles. The minimum Gasteiger partial charge on any atom is -0.456 e. The fourth-order valence-electron chi connectivity index (χ4n) is 10.2. The molecule has 0 spiro atoms. The molecule has 0 unspecified atom stereocenters. The first-order chi connectivity index (χ1) is 31.7. The average Bonchev–Trinajstić information content (AvgIpc) is 3.90. The summed E-state index contributed by atoms with van der Waals surface area (Å²) in [4.78, 5) is 15.8. The van der Waals surface area contributed by atoms with E-state index in [9.17, 15) is 0 Å². The Morgan fingerprint density at radius 3 is 1.81 bits per heavy atom. The molecular formula is C59H34N4O. The third kappa shape index (κ3) is 5.22. The molecule has 64 heavy (non-hydrogen) atoms. The molecule has 0 bridgehead atoms. The average molecular weight is 815 g/mol. The standard InChI is InChI=1S/C59H34N4O/c1-2-14-38-32-53-50(30-37(38)13-1)46-21-9-10-23-52(46)63(53)41-27-24-36-26-29-54-56(49(36)34-41)48-28-25-40(33-55(48)64-54)57-60-58(47-22-11-16-35-12-3-5-17-42(35)47)62-59(61-57)51-31-39-15-4-6-18-43(39)44-19-7-8-20-45(44)51/h1-34H. The smallest absolute Gasteiger partial charge is 0.164 e. The molecule has 3 heterocycles. The Bertz CT molecular complexity index is 4270. The Kier molecular flexibility index (Phi) is 7.33. The van der Waals surface area contributed by atoms with Crippen molar-refractivity contribution < 1.29 is 4.42 Å². The summed E-state index contributed by atoms with van der Waals surface area (Å²) in [7, 11) is 0. The van der Waals surface area contributed by atoms with Gasteiger partial charge in [-0.05, 0) is 108 Å². The summed E-state index contributed by atoms with van der Waals surface area (Å²) >= 11 is 0. The van der Waals surface area contributed by atoms with Gasteiger partial charge < -0.3 is 8.98 Å². The molecule has 0 saturated heterocycles. The number of fused-ring (bicyclic) bond motifs is 13. The van der Waals surface area contributed by atoms with Crippen LogP contribution in [0.1, 0.15) is 0 Å². The molecule has 14 rings (SSSR count).